The largest absolute Gasteiger partial charge is 0.393 e. The zero-order chi connectivity index (χ0) is 29.8. The van der Waals surface area contributed by atoms with Crippen LogP contribution in [0.15, 0.2) is 30.9 Å². The Bertz CT molecular complexity index is 1410. The number of hydrogen-bond acceptors (Lipinski definition) is 10. The van der Waals surface area contributed by atoms with Crippen molar-refractivity contribution < 1.29 is 28.1 Å². The van der Waals surface area contributed by atoms with Crippen LogP contribution >= 0.6 is 0 Å². The van der Waals surface area contributed by atoms with E-state index in [1.165, 1.54) is 18.7 Å². The van der Waals surface area contributed by atoms with E-state index in [1.54, 1.807) is 16.7 Å². The summed E-state index contributed by atoms with van der Waals surface area (Å²) >= 11 is 0. The molecule has 0 amide bonds. The molecule has 0 radical (unpaired) electrons. The molecular formula is C28H37F3N8O3. The third-order valence-electron chi connectivity index (χ3n) is 8.74. The second-order valence-electron chi connectivity index (χ2n) is 12.0. The lowest BCUT2D eigenvalue weighted by molar-refractivity contribution is -0.127. The van der Waals surface area contributed by atoms with Crippen molar-refractivity contribution in [1.82, 2.24) is 24.4 Å². The zero-order valence-corrected chi connectivity index (χ0v) is 23.5. The van der Waals surface area contributed by atoms with E-state index in [4.69, 9.17) is 10.5 Å². The van der Waals surface area contributed by atoms with Crippen LogP contribution in [-0.4, -0.2) is 83.9 Å². The van der Waals surface area contributed by atoms with Crippen molar-refractivity contribution in [3.05, 3.63) is 36.4 Å². The highest BCUT2D eigenvalue weighted by Crippen LogP contribution is 2.40. The third-order valence-corrected chi connectivity index (χ3v) is 8.74. The number of rotatable bonds is 9. The maximum absolute atomic E-state index is 12.8. The van der Waals surface area contributed by atoms with E-state index in [-0.39, 0.29) is 23.6 Å². The number of nitrogen functional groups attached to an aromatic ring is 1. The fourth-order valence-corrected chi connectivity index (χ4v) is 6.50. The van der Waals surface area contributed by atoms with Gasteiger partial charge in [-0.3, -0.25) is 9.47 Å². The average molecular weight is 591 g/mol. The van der Waals surface area contributed by atoms with Crippen molar-refractivity contribution in [3.63, 3.8) is 0 Å². The Hall–Kier alpha value is -3.20. The Morgan fingerprint density at radius 1 is 1.10 bits per heavy atom. The summed E-state index contributed by atoms with van der Waals surface area (Å²) in [5, 5.41) is 28.5. The van der Waals surface area contributed by atoms with Gasteiger partial charge in [-0.2, -0.15) is 13.2 Å². The molecule has 2 aromatic heterocycles. The van der Waals surface area contributed by atoms with Gasteiger partial charge in [0.25, 0.3) is 0 Å². The van der Waals surface area contributed by atoms with E-state index in [9.17, 15) is 23.4 Å². The van der Waals surface area contributed by atoms with E-state index >= 15 is 0 Å². The molecule has 14 heteroatoms. The molecule has 2 aliphatic heterocycles. The van der Waals surface area contributed by atoms with E-state index in [1.807, 2.05) is 0 Å². The minimum Gasteiger partial charge on any atom is -0.387 e. The van der Waals surface area contributed by atoms with Crippen molar-refractivity contribution in [3.8, 4) is 0 Å². The Kier molecular flexibility index (Phi) is 7.66. The number of hydrogen-bond donors (Lipinski definition) is 5. The fourth-order valence-electron chi connectivity index (χ4n) is 6.50. The maximum atomic E-state index is 12.8. The monoisotopic (exact) mass is 590 g/mol. The average Bonchev–Trinajstić information content (AvgIpc) is 3.58. The number of ether oxygens (including phenoxy) is 1. The lowest BCUT2D eigenvalue weighted by Gasteiger charge is -2.46. The second-order valence-corrected chi connectivity index (χ2v) is 12.0. The predicted octanol–water partition coefficient (Wildman–Crippen LogP) is 3.27. The lowest BCUT2D eigenvalue weighted by Crippen LogP contribution is -2.52. The van der Waals surface area contributed by atoms with Crippen LogP contribution < -0.4 is 16.4 Å². The molecule has 42 heavy (non-hydrogen) atoms. The van der Waals surface area contributed by atoms with Crippen molar-refractivity contribution >= 4 is 28.4 Å². The molecule has 1 aliphatic carbocycles. The minimum absolute atomic E-state index is 0.0123. The quantitative estimate of drug-likeness (QED) is 0.252. The first-order valence-corrected chi connectivity index (χ1v) is 14.4. The highest BCUT2D eigenvalue weighted by atomic mass is 19.4. The number of anilines is 3. The lowest BCUT2D eigenvalue weighted by atomic mass is 9.76. The van der Waals surface area contributed by atoms with Crippen LogP contribution in [0.5, 0.6) is 0 Å². The highest BCUT2D eigenvalue weighted by molar-refractivity contribution is 5.81. The van der Waals surface area contributed by atoms with Gasteiger partial charge in [0.15, 0.2) is 17.7 Å². The van der Waals surface area contributed by atoms with Crippen LogP contribution in [0.25, 0.3) is 11.2 Å². The van der Waals surface area contributed by atoms with Gasteiger partial charge in [-0.05, 0) is 63.1 Å². The summed E-state index contributed by atoms with van der Waals surface area (Å²) in [5.41, 5.74) is 8.53. The molecule has 6 N–H and O–H groups in total. The number of alkyl halides is 3. The SMILES string of the molecule is CC(C)N(C[C@H]1O[C@@H](n2cnc3c(N)ncnc32)[C@H](O)[C@@H]1O)C1CC(CCC2Nc3ccc(CC(F)(F)F)cc3N2)C1. The van der Waals surface area contributed by atoms with Crippen LogP contribution in [-0.2, 0) is 11.2 Å². The van der Waals surface area contributed by atoms with Crippen LogP contribution in [0.4, 0.5) is 30.4 Å². The Morgan fingerprint density at radius 2 is 1.86 bits per heavy atom. The summed E-state index contributed by atoms with van der Waals surface area (Å²) in [6.07, 6.45) is -2.21. The zero-order valence-electron chi connectivity index (χ0n) is 23.5. The van der Waals surface area contributed by atoms with Gasteiger partial charge < -0.3 is 31.3 Å². The van der Waals surface area contributed by atoms with E-state index in [2.05, 4.69) is 44.3 Å². The Balaban J connectivity index is 1.01. The van der Waals surface area contributed by atoms with Crippen molar-refractivity contribution in [2.45, 2.75) is 94.9 Å². The van der Waals surface area contributed by atoms with Crippen molar-refractivity contribution in [1.29, 1.82) is 0 Å². The topological polar surface area (TPSA) is 147 Å². The summed E-state index contributed by atoms with van der Waals surface area (Å²) in [4.78, 5) is 14.8. The molecule has 1 unspecified atom stereocenters. The number of imidazole rings is 1. The van der Waals surface area contributed by atoms with Gasteiger partial charge in [-0.1, -0.05) is 6.07 Å². The molecule has 11 nitrogen and oxygen atoms in total. The number of aliphatic hydroxyl groups is 2. The third kappa shape index (κ3) is 5.72. The summed E-state index contributed by atoms with van der Waals surface area (Å²) in [6, 6.07) is 5.35. The molecule has 0 spiro atoms. The van der Waals surface area contributed by atoms with Crippen molar-refractivity contribution in [2.24, 2.45) is 5.92 Å². The molecule has 5 atom stereocenters. The van der Waals surface area contributed by atoms with Gasteiger partial charge in [0, 0.05) is 18.6 Å². The number of fused-ring (bicyclic) bond motifs is 2. The number of nitrogens with one attached hydrogen (secondary N) is 2. The number of nitrogens with zero attached hydrogens (tertiary/aromatic N) is 5. The Labute approximate surface area is 241 Å². The number of aliphatic hydroxyl groups excluding tert-OH is 2. The summed E-state index contributed by atoms with van der Waals surface area (Å²) in [5.74, 6) is 0.757. The molecule has 3 aliphatic rings. The molecule has 3 aromatic rings. The van der Waals surface area contributed by atoms with Gasteiger partial charge >= 0.3 is 6.18 Å². The number of nitrogens with two attached hydrogens (primary N) is 1. The molecule has 6 rings (SSSR count). The summed E-state index contributed by atoms with van der Waals surface area (Å²) in [7, 11) is 0. The number of benzene rings is 1. The van der Waals surface area contributed by atoms with Gasteiger partial charge in [0.05, 0.1) is 30.3 Å². The number of halogens is 3. The maximum Gasteiger partial charge on any atom is 0.393 e. The first kappa shape index (κ1) is 28.9. The van der Waals surface area contributed by atoms with Crippen LogP contribution in [0.3, 0.4) is 0 Å². The van der Waals surface area contributed by atoms with E-state index < -0.39 is 37.1 Å². The predicted molar refractivity (Wildman–Crippen MR) is 150 cm³/mol. The number of aromatic nitrogens is 4. The molecule has 1 saturated carbocycles. The van der Waals surface area contributed by atoms with Gasteiger partial charge in [0.1, 0.15) is 30.2 Å². The van der Waals surface area contributed by atoms with Crippen molar-refractivity contribution in [2.75, 3.05) is 22.9 Å². The molecule has 1 aromatic carbocycles. The minimum atomic E-state index is -4.23. The highest BCUT2D eigenvalue weighted by Gasteiger charge is 2.46. The molecule has 2 fully saturated rings. The Morgan fingerprint density at radius 3 is 2.60 bits per heavy atom. The van der Waals surface area contributed by atoms with Gasteiger partial charge in [0.2, 0.25) is 0 Å². The van der Waals surface area contributed by atoms with Crippen LogP contribution in [0.2, 0.25) is 0 Å². The first-order valence-electron chi connectivity index (χ1n) is 14.4. The van der Waals surface area contributed by atoms with E-state index in [0.29, 0.717) is 29.7 Å². The van der Waals surface area contributed by atoms with Crippen LogP contribution in [0, 0.1) is 5.92 Å². The normalized spacial score (nSPS) is 29.1. The molecule has 228 valence electrons. The molecule has 0 bridgehead atoms. The smallest absolute Gasteiger partial charge is 0.387 e. The van der Waals surface area contributed by atoms with Crippen LogP contribution in [0.1, 0.15) is 51.3 Å². The molecule has 4 heterocycles. The summed E-state index contributed by atoms with van der Waals surface area (Å²) in [6.45, 7) is 4.69. The molecule has 1 saturated heterocycles. The van der Waals surface area contributed by atoms with Gasteiger partial charge in [-0.15, -0.1) is 0 Å². The first-order chi connectivity index (χ1) is 20.0. The second kappa shape index (κ2) is 11.1. The molecular weight excluding hydrogens is 553 g/mol. The standard InChI is InChI=1S/C28H37F3N8O3/c1-14(2)38(11-20-23(40)24(41)27(42-20)39-13-35-22-25(32)33-12-34-26(22)39)17-7-15(8-17)4-6-21-36-18-5-3-16(9-19(18)37-21)10-28(29,30)31/h3,5,9,12-15,17,20-21,23-24,27,36-37,40-41H,4,6-8,10-11H2,1-2H3,(H2,32,33,34)/t15?,17?,20-,21?,23-,24-,27-/m1/s1. The van der Waals surface area contributed by atoms with Gasteiger partial charge in [-0.25, -0.2) is 15.0 Å². The summed E-state index contributed by atoms with van der Waals surface area (Å²) < 4.78 is 46.1. The fraction of sp³-hybridized carbons (Fsp3) is 0.607. The van der Waals surface area contributed by atoms with E-state index in [0.717, 1.165) is 37.1 Å².